The van der Waals surface area contributed by atoms with E-state index < -0.39 is 6.43 Å². The van der Waals surface area contributed by atoms with Crippen molar-refractivity contribution in [1.82, 2.24) is 4.90 Å². The lowest BCUT2D eigenvalue weighted by Crippen LogP contribution is -2.36. The standard InChI is InChI=1S/C20H27F2N3OS/c1-13-17(25(2)20(27-13)24-15-8-4-3-5-9-15)12-18(26)23-16-10-6-7-14(11-16)19(21)22/h6-7,10-11,13,15,17,19H,3-5,8-9,12H2,1-2H3,(H,23,26). The Balaban J connectivity index is 1.60. The van der Waals surface area contributed by atoms with E-state index in [0.29, 0.717) is 18.2 Å². The molecule has 1 aliphatic carbocycles. The van der Waals surface area contributed by atoms with Gasteiger partial charge in [0.25, 0.3) is 6.43 Å². The van der Waals surface area contributed by atoms with Gasteiger partial charge in [-0.3, -0.25) is 9.79 Å². The zero-order valence-corrected chi connectivity index (χ0v) is 16.6. The molecular formula is C20H27F2N3OS. The zero-order chi connectivity index (χ0) is 19.4. The summed E-state index contributed by atoms with van der Waals surface area (Å²) in [4.78, 5) is 19.5. The van der Waals surface area contributed by atoms with Gasteiger partial charge in [0, 0.05) is 30.0 Å². The summed E-state index contributed by atoms with van der Waals surface area (Å²) >= 11 is 1.73. The van der Waals surface area contributed by atoms with E-state index in [9.17, 15) is 13.6 Å². The van der Waals surface area contributed by atoms with Gasteiger partial charge in [-0.25, -0.2) is 8.78 Å². The van der Waals surface area contributed by atoms with Crippen LogP contribution in [0.4, 0.5) is 14.5 Å². The number of nitrogens with one attached hydrogen (secondary N) is 1. The van der Waals surface area contributed by atoms with Gasteiger partial charge in [-0.2, -0.15) is 0 Å². The monoisotopic (exact) mass is 395 g/mol. The molecule has 1 heterocycles. The zero-order valence-electron chi connectivity index (χ0n) is 15.8. The van der Waals surface area contributed by atoms with Crippen LogP contribution in [-0.4, -0.2) is 40.4 Å². The van der Waals surface area contributed by atoms with Gasteiger partial charge in [-0.15, -0.1) is 0 Å². The number of carbonyl (C=O) groups is 1. The number of carbonyl (C=O) groups excluding carboxylic acids is 1. The first-order valence-electron chi connectivity index (χ1n) is 9.59. The lowest BCUT2D eigenvalue weighted by molar-refractivity contribution is -0.117. The Hall–Kier alpha value is -1.63. The fourth-order valence-corrected chi connectivity index (χ4v) is 5.01. The average Bonchev–Trinajstić information content (AvgIpc) is 2.90. The molecular weight excluding hydrogens is 368 g/mol. The summed E-state index contributed by atoms with van der Waals surface area (Å²) in [6.07, 6.45) is 3.86. The largest absolute Gasteiger partial charge is 0.350 e. The highest BCUT2D eigenvalue weighted by Crippen LogP contribution is 2.34. The smallest absolute Gasteiger partial charge is 0.263 e. The Morgan fingerprint density at radius 2 is 2.07 bits per heavy atom. The van der Waals surface area contributed by atoms with Crippen molar-refractivity contribution < 1.29 is 13.6 Å². The lowest BCUT2D eigenvalue weighted by Gasteiger charge is -2.24. The van der Waals surface area contributed by atoms with Gasteiger partial charge in [-0.05, 0) is 25.0 Å². The highest BCUT2D eigenvalue weighted by molar-refractivity contribution is 8.14. The van der Waals surface area contributed by atoms with Crippen molar-refractivity contribution in [2.45, 2.75) is 69.2 Å². The number of benzene rings is 1. The second-order valence-electron chi connectivity index (χ2n) is 7.38. The minimum Gasteiger partial charge on any atom is -0.350 e. The van der Waals surface area contributed by atoms with Crippen LogP contribution in [0.5, 0.6) is 0 Å². The van der Waals surface area contributed by atoms with Gasteiger partial charge in [0.05, 0.1) is 12.1 Å². The number of nitrogens with zero attached hydrogens (tertiary/aromatic N) is 2. The first-order chi connectivity index (χ1) is 12.9. The van der Waals surface area contributed by atoms with Crippen molar-refractivity contribution in [1.29, 1.82) is 0 Å². The van der Waals surface area contributed by atoms with Gasteiger partial charge in [0.2, 0.25) is 5.91 Å². The molecule has 1 saturated carbocycles. The van der Waals surface area contributed by atoms with Crippen molar-refractivity contribution >= 4 is 28.5 Å². The van der Waals surface area contributed by atoms with Crippen LogP contribution in [-0.2, 0) is 4.79 Å². The van der Waals surface area contributed by atoms with Crippen LogP contribution in [0.3, 0.4) is 0 Å². The van der Waals surface area contributed by atoms with Gasteiger partial charge >= 0.3 is 0 Å². The number of amides is 1. The molecule has 3 rings (SSSR count). The molecule has 2 atom stereocenters. The number of hydrogen-bond donors (Lipinski definition) is 1. The molecule has 148 valence electrons. The van der Waals surface area contributed by atoms with E-state index >= 15 is 0 Å². The third-order valence-corrected chi connectivity index (χ3v) is 6.61. The third kappa shape index (κ3) is 5.21. The summed E-state index contributed by atoms with van der Waals surface area (Å²) in [6.45, 7) is 2.11. The van der Waals surface area contributed by atoms with E-state index in [1.54, 1.807) is 17.8 Å². The molecule has 7 heteroatoms. The average molecular weight is 396 g/mol. The molecule has 1 N–H and O–H groups in total. The van der Waals surface area contributed by atoms with E-state index in [2.05, 4.69) is 17.1 Å². The fraction of sp³-hybridized carbons (Fsp3) is 0.600. The number of aliphatic imine (C=N–C) groups is 1. The maximum Gasteiger partial charge on any atom is 0.263 e. The predicted octanol–water partition coefficient (Wildman–Crippen LogP) is 5.08. The fourth-order valence-electron chi connectivity index (χ4n) is 3.73. The predicted molar refractivity (Wildman–Crippen MR) is 108 cm³/mol. The summed E-state index contributed by atoms with van der Waals surface area (Å²) in [5.41, 5.74) is 0.325. The minimum absolute atomic E-state index is 0.0515. The molecule has 1 aromatic carbocycles. The second-order valence-corrected chi connectivity index (χ2v) is 8.73. The quantitative estimate of drug-likeness (QED) is 0.756. The van der Waals surface area contributed by atoms with Crippen molar-refractivity contribution in [2.24, 2.45) is 4.99 Å². The summed E-state index contributed by atoms with van der Waals surface area (Å²) in [7, 11) is 1.99. The number of hydrogen-bond acceptors (Lipinski definition) is 3. The summed E-state index contributed by atoms with van der Waals surface area (Å²) in [5, 5.41) is 4.03. The van der Waals surface area contributed by atoms with E-state index in [1.807, 2.05) is 7.05 Å². The Bertz CT molecular complexity index is 692. The molecule has 0 aromatic heterocycles. The molecule has 27 heavy (non-hydrogen) atoms. The molecule has 1 amide bonds. The number of halogens is 2. The molecule has 0 bridgehead atoms. The number of alkyl halides is 2. The van der Waals surface area contributed by atoms with E-state index in [0.717, 1.165) is 18.0 Å². The summed E-state index contributed by atoms with van der Waals surface area (Å²) in [6, 6.07) is 6.31. The second kappa shape index (κ2) is 9.04. The number of rotatable bonds is 5. The van der Waals surface area contributed by atoms with Gasteiger partial charge < -0.3 is 10.2 Å². The molecule has 2 aliphatic rings. The van der Waals surface area contributed by atoms with Crippen LogP contribution in [0.25, 0.3) is 0 Å². The van der Waals surface area contributed by atoms with Gasteiger partial charge in [-0.1, -0.05) is 50.1 Å². The van der Waals surface area contributed by atoms with E-state index in [1.165, 1.54) is 37.5 Å². The maximum atomic E-state index is 12.8. The molecule has 2 fully saturated rings. The molecule has 2 unspecified atom stereocenters. The van der Waals surface area contributed by atoms with Crippen LogP contribution in [0.2, 0.25) is 0 Å². The summed E-state index contributed by atoms with van der Waals surface area (Å²) < 4.78 is 25.6. The summed E-state index contributed by atoms with van der Waals surface area (Å²) in [5.74, 6) is -0.162. The van der Waals surface area contributed by atoms with Crippen molar-refractivity contribution in [3.05, 3.63) is 29.8 Å². The molecule has 4 nitrogen and oxygen atoms in total. The van der Waals surface area contributed by atoms with Crippen LogP contribution < -0.4 is 5.32 Å². The molecule has 1 aliphatic heterocycles. The molecule has 1 saturated heterocycles. The Morgan fingerprint density at radius 3 is 2.78 bits per heavy atom. The normalized spacial score (nSPS) is 25.4. The highest BCUT2D eigenvalue weighted by Gasteiger charge is 2.36. The van der Waals surface area contributed by atoms with Crippen LogP contribution in [0, 0.1) is 0 Å². The first kappa shape index (κ1) is 20.1. The van der Waals surface area contributed by atoms with Gasteiger partial charge in [0.1, 0.15) is 0 Å². The molecule has 0 spiro atoms. The SMILES string of the molecule is CC1SC(=NC2CCCCC2)N(C)C1CC(=O)Nc1cccc(C(F)F)c1. The number of thioether (sulfide) groups is 1. The molecule has 0 radical (unpaired) electrons. The maximum absolute atomic E-state index is 12.8. The number of anilines is 1. The van der Waals surface area contributed by atoms with Crippen molar-refractivity contribution in [2.75, 3.05) is 12.4 Å². The van der Waals surface area contributed by atoms with E-state index in [-0.39, 0.29) is 22.8 Å². The van der Waals surface area contributed by atoms with Crippen LogP contribution in [0.15, 0.2) is 29.3 Å². The van der Waals surface area contributed by atoms with Crippen molar-refractivity contribution in [3.63, 3.8) is 0 Å². The third-order valence-electron chi connectivity index (χ3n) is 5.32. The van der Waals surface area contributed by atoms with Crippen LogP contribution in [0.1, 0.15) is 57.4 Å². The van der Waals surface area contributed by atoms with Gasteiger partial charge in [0.15, 0.2) is 5.17 Å². The Labute approximate surface area is 163 Å². The topological polar surface area (TPSA) is 44.7 Å². The first-order valence-corrected chi connectivity index (χ1v) is 10.5. The Kier molecular flexibility index (Phi) is 6.73. The minimum atomic E-state index is -2.54. The van der Waals surface area contributed by atoms with E-state index in [4.69, 9.17) is 4.99 Å². The number of amidine groups is 1. The highest BCUT2D eigenvalue weighted by atomic mass is 32.2. The Morgan fingerprint density at radius 1 is 1.33 bits per heavy atom. The van der Waals surface area contributed by atoms with Crippen LogP contribution >= 0.6 is 11.8 Å². The van der Waals surface area contributed by atoms with Crippen molar-refractivity contribution in [3.8, 4) is 0 Å². The lowest BCUT2D eigenvalue weighted by atomic mass is 9.96. The molecule has 1 aromatic rings.